The highest BCUT2D eigenvalue weighted by Crippen LogP contribution is 2.33. The lowest BCUT2D eigenvalue weighted by molar-refractivity contribution is -0.118. The quantitative estimate of drug-likeness (QED) is 0.519. The summed E-state index contributed by atoms with van der Waals surface area (Å²) in [6, 6.07) is 7.34. The zero-order valence-corrected chi connectivity index (χ0v) is 19.8. The van der Waals surface area contributed by atoms with Gasteiger partial charge in [0.1, 0.15) is 17.5 Å². The second-order valence-corrected chi connectivity index (χ2v) is 9.65. The van der Waals surface area contributed by atoms with Gasteiger partial charge >= 0.3 is 0 Å². The molecule has 0 aliphatic rings. The second kappa shape index (κ2) is 9.84. The van der Waals surface area contributed by atoms with E-state index in [2.05, 4.69) is 4.98 Å². The van der Waals surface area contributed by atoms with Gasteiger partial charge in [0.05, 0.1) is 13.5 Å². The van der Waals surface area contributed by atoms with E-state index in [0.29, 0.717) is 22.3 Å². The fourth-order valence-corrected chi connectivity index (χ4v) is 4.76. The number of nitrogens with one attached hydrogen (secondary N) is 1. The Kier molecular flexibility index (Phi) is 7.30. The monoisotopic (exact) mass is 492 g/mol. The fraction of sp³-hybridized carbons (Fsp3) is 0.250. The van der Waals surface area contributed by atoms with Gasteiger partial charge in [0.25, 0.3) is 10.0 Å². The number of hydrogen-bond acceptors (Lipinski definition) is 5. The predicted octanol–water partition coefficient (Wildman–Crippen LogP) is 4.65. The molecular formula is C24H23F3N2O4S. The van der Waals surface area contributed by atoms with Crippen LogP contribution >= 0.6 is 0 Å². The van der Waals surface area contributed by atoms with Crippen LogP contribution in [0.25, 0.3) is 11.1 Å². The first kappa shape index (κ1) is 25.2. The van der Waals surface area contributed by atoms with Crippen LogP contribution in [0.5, 0.6) is 5.88 Å². The number of aryl methyl sites for hydroxylation is 1. The molecule has 0 fully saturated rings. The molecule has 0 radical (unpaired) electrons. The standard InChI is InChI=1S/C24H23F3N2O4S/c1-13(2)17-10-16(25)11-18(15-5-6-28-23(9-15)33-4)19(17)12-22(30)29-34(31,32)24-20(26)7-14(3)8-21(24)27/h5-11,13H,12H2,1-4H3,(H,29,30). The van der Waals surface area contributed by atoms with Crippen molar-refractivity contribution >= 4 is 15.9 Å². The van der Waals surface area contributed by atoms with Crippen molar-refractivity contribution in [2.75, 3.05) is 7.11 Å². The van der Waals surface area contributed by atoms with E-state index in [-0.39, 0.29) is 17.4 Å². The molecule has 3 rings (SSSR count). The topological polar surface area (TPSA) is 85.4 Å². The highest BCUT2D eigenvalue weighted by Gasteiger charge is 2.27. The van der Waals surface area contributed by atoms with Crippen LogP contribution in [0.3, 0.4) is 0 Å². The molecule has 6 nitrogen and oxygen atoms in total. The highest BCUT2D eigenvalue weighted by atomic mass is 32.2. The summed E-state index contributed by atoms with van der Waals surface area (Å²) in [7, 11) is -3.42. The van der Waals surface area contributed by atoms with Crippen molar-refractivity contribution in [1.82, 2.24) is 9.71 Å². The van der Waals surface area contributed by atoms with Crippen molar-refractivity contribution in [1.29, 1.82) is 0 Å². The van der Waals surface area contributed by atoms with E-state index in [1.165, 1.54) is 32.4 Å². The summed E-state index contributed by atoms with van der Waals surface area (Å²) in [6.45, 7) is 4.99. The van der Waals surface area contributed by atoms with Crippen LogP contribution in [-0.2, 0) is 21.2 Å². The Morgan fingerprint density at radius 2 is 1.74 bits per heavy atom. The number of rotatable bonds is 7. The lowest BCUT2D eigenvalue weighted by Crippen LogP contribution is -2.33. The molecule has 1 amide bonds. The SMILES string of the molecule is COc1cc(-c2cc(F)cc(C(C)C)c2CC(=O)NS(=O)(=O)c2c(F)cc(C)cc2F)ccn1. The van der Waals surface area contributed by atoms with Crippen molar-refractivity contribution in [2.45, 2.75) is 38.0 Å². The number of nitrogens with zero attached hydrogens (tertiary/aromatic N) is 1. The molecule has 10 heteroatoms. The van der Waals surface area contributed by atoms with Crippen LogP contribution in [-0.4, -0.2) is 26.4 Å². The van der Waals surface area contributed by atoms with Gasteiger partial charge in [-0.15, -0.1) is 0 Å². The maximum atomic E-state index is 14.5. The maximum absolute atomic E-state index is 14.5. The van der Waals surface area contributed by atoms with Gasteiger partial charge in [-0.3, -0.25) is 4.79 Å². The summed E-state index contributed by atoms with van der Waals surface area (Å²) in [5.41, 5.74) is 1.86. The Hall–Kier alpha value is -3.40. The molecule has 0 bridgehead atoms. The van der Waals surface area contributed by atoms with Crippen LogP contribution in [0.2, 0.25) is 0 Å². The third kappa shape index (κ3) is 5.39. The summed E-state index contributed by atoms with van der Waals surface area (Å²) in [5, 5.41) is 0. The Bertz CT molecular complexity index is 1340. The Balaban J connectivity index is 2.04. The lowest BCUT2D eigenvalue weighted by Gasteiger charge is -2.18. The van der Waals surface area contributed by atoms with E-state index < -0.39 is 44.7 Å². The molecular weight excluding hydrogens is 469 g/mol. The molecule has 180 valence electrons. The number of halogens is 3. The second-order valence-electron chi connectivity index (χ2n) is 8.03. The number of carbonyl (C=O) groups is 1. The average Bonchev–Trinajstić information content (AvgIpc) is 2.73. The third-order valence-corrected chi connectivity index (χ3v) is 6.55. The molecule has 1 aromatic heterocycles. The molecule has 0 spiro atoms. The zero-order valence-electron chi connectivity index (χ0n) is 18.9. The van der Waals surface area contributed by atoms with Gasteiger partial charge in [0, 0.05) is 12.3 Å². The molecule has 3 aromatic rings. The average molecular weight is 493 g/mol. The number of ether oxygens (including phenoxy) is 1. The van der Waals surface area contributed by atoms with Crippen LogP contribution in [0, 0.1) is 24.4 Å². The van der Waals surface area contributed by atoms with E-state index in [1.807, 2.05) is 0 Å². The predicted molar refractivity (Wildman–Crippen MR) is 120 cm³/mol. The van der Waals surface area contributed by atoms with E-state index >= 15 is 0 Å². The number of carbonyl (C=O) groups excluding carboxylic acids is 1. The van der Waals surface area contributed by atoms with Crippen molar-refractivity contribution in [3.63, 3.8) is 0 Å². The molecule has 0 saturated heterocycles. The molecule has 0 atom stereocenters. The molecule has 0 saturated carbocycles. The summed E-state index contributed by atoms with van der Waals surface area (Å²) >= 11 is 0. The van der Waals surface area contributed by atoms with Crippen LogP contribution < -0.4 is 9.46 Å². The molecule has 1 heterocycles. The zero-order chi connectivity index (χ0) is 25.2. The number of amides is 1. The van der Waals surface area contributed by atoms with Gasteiger partial charge in [-0.05, 0) is 71.0 Å². The highest BCUT2D eigenvalue weighted by molar-refractivity contribution is 7.90. The third-order valence-electron chi connectivity index (χ3n) is 5.12. The Morgan fingerprint density at radius 1 is 1.09 bits per heavy atom. The molecule has 0 aliphatic heterocycles. The summed E-state index contributed by atoms with van der Waals surface area (Å²) in [6.07, 6.45) is 0.966. The number of hydrogen-bond donors (Lipinski definition) is 1. The van der Waals surface area contributed by atoms with Gasteiger partial charge in [-0.1, -0.05) is 13.8 Å². The number of sulfonamides is 1. The van der Waals surface area contributed by atoms with Gasteiger partial charge < -0.3 is 4.74 Å². The normalized spacial score (nSPS) is 11.5. The van der Waals surface area contributed by atoms with Gasteiger partial charge in [-0.2, -0.15) is 0 Å². The minimum atomic E-state index is -4.84. The van der Waals surface area contributed by atoms with Crippen LogP contribution in [0.15, 0.2) is 47.5 Å². The Labute approximate surface area is 195 Å². The van der Waals surface area contributed by atoms with Gasteiger partial charge in [0.15, 0.2) is 4.90 Å². The van der Waals surface area contributed by atoms with Gasteiger partial charge in [0.2, 0.25) is 11.8 Å². The van der Waals surface area contributed by atoms with E-state index in [9.17, 15) is 26.4 Å². The Morgan fingerprint density at radius 3 is 2.32 bits per heavy atom. The van der Waals surface area contributed by atoms with Crippen molar-refractivity contribution in [2.24, 2.45) is 0 Å². The van der Waals surface area contributed by atoms with Crippen LogP contribution in [0.1, 0.15) is 36.5 Å². The minimum Gasteiger partial charge on any atom is -0.481 e. The van der Waals surface area contributed by atoms with Crippen LogP contribution in [0.4, 0.5) is 13.2 Å². The van der Waals surface area contributed by atoms with E-state index in [0.717, 1.165) is 12.1 Å². The van der Waals surface area contributed by atoms with Crippen molar-refractivity contribution in [3.05, 3.63) is 76.7 Å². The number of benzene rings is 2. The molecule has 0 aliphatic carbocycles. The molecule has 2 aromatic carbocycles. The molecule has 1 N–H and O–H groups in total. The van der Waals surface area contributed by atoms with E-state index in [4.69, 9.17) is 4.74 Å². The number of aromatic nitrogens is 1. The summed E-state index contributed by atoms with van der Waals surface area (Å²) in [4.78, 5) is 15.6. The van der Waals surface area contributed by atoms with Gasteiger partial charge in [-0.25, -0.2) is 31.3 Å². The first-order valence-corrected chi connectivity index (χ1v) is 11.7. The fourth-order valence-electron chi connectivity index (χ4n) is 3.66. The first-order valence-electron chi connectivity index (χ1n) is 10.3. The lowest BCUT2D eigenvalue weighted by atomic mass is 9.88. The summed E-state index contributed by atoms with van der Waals surface area (Å²) < 4.78 is 75.0. The first-order chi connectivity index (χ1) is 15.9. The summed E-state index contributed by atoms with van der Waals surface area (Å²) in [5.74, 6) is -4.16. The largest absolute Gasteiger partial charge is 0.481 e. The van der Waals surface area contributed by atoms with E-state index in [1.54, 1.807) is 30.7 Å². The number of pyridine rings is 1. The molecule has 34 heavy (non-hydrogen) atoms. The molecule has 0 unspecified atom stereocenters. The van der Waals surface area contributed by atoms with Crippen molar-refractivity contribution < 1.29 is 31.1 Å². The van der Waals surface area contributed by atoms with Crippen molar-refractivity contribution in [3.8, 4) is 17.0 Å². The number of methoxy groups -OCH3 is 1. The smallest absolute Gasteiger partial charge is 0.269 e. The maximum Gasteiger partial charge on any atom is 0.269 e. The minimum absolute atomic E-state index is 0.186.